The molecule has 0 atom stereocenters. The minimum absolute atomic E-state index is 0.520. The van der Waals surface area contributed by atoms with Crippen molar-refractivity contribution in [1.29, 1.82) is 0 Å². The van der Waals surface area contributed by atoms with Crippen molar-refractivity contribution >= 4 is 5.71 Å². The van der Waals surface area contributed by atoms with Gasteiger partial charge in [0.05, 0.1) is 0 Å². The summed E-state index contributed by atoms with van der Waals surface area (Å²) in [7, 11) is 0. The zero-order valence-electron chi connectivity index (χ0n) is 8.35. The molecule has 0 spiro atoms. The van der Waals surface area contributed by atoms with E-state index in [-0.39, 0.29) is 0 Å². The Morgan fingerprint density at radius 3 is 2.64 bits per heavy atom. The van der Waals surface area contributed by atoms with Gasteiger partial charge in [-0.2, -0.15) is 0 Å². The molecule has 14 heavy (non-hydrogen) atoms. The van der Waals surface area contributed by atoms with Crippen molar-refractivity contribution in [3.63, 3.8) is 0 Å². The lowest BCUT2D eigenvalue weighted by Crippen LogP contribution is -2.06. The van der Waals surface area contributed by atoms with E-state index in [2.05, 4.69) is 22.0 Å². The molecule has 0 aromatic carbocycles. The van der Waals surface area contributed by atoms with Gasteiger partial charge in [0, 0.05) is 12.4 Å². The Morgan fingerprint density at radius 1 is 1.36 bits per heavy atom. The van der Waals surface area contributed by atoms with Gasteiger partial charge in [0.2, 0.25) is 0 Å². The maximum Gasteiger partial charge on any atom is 0.177 e. The number of rotatable bonds is 5. The molecule has 1 N–H and O–H groups in total. The third-order valence-corrected chi connectivity index (χ3v) is 1.96. The molecule has 76 valence electrons. The number of nitrogens with zero attached hydrogens (tertiary/aromatic N) is 3. The highest BCUT2D eigenvalue weighted by Crippen LogP contribution is 2.04. The van der Waals surface area contributed by atoms with Gasteiger partial charge in [0.25, 0.3) is 0 Å². The van der Waals surface area contributed by atoms with Gasteiger partial charge in [-0.25, -0.2) is 9.97 Å². The largest absolute Gasteiger partial charge is 0.411 e. The summed E-state index contributed by atoms with van der Waals surface area (Å²) in [5, 5.41) is 12.0. The SMILES string of the molecule is CCCCC/C(=N\O)c1ncccn1. The third kappa shape index (κ3) is 3.12. The van der Waals surface area contributed by atoms with Crippen LogP contribution < -0.4 is 0 Å². The molecular weight excluding hydrogens is 178 g/mol. The number of aromatic nitrogens is 2. The van der Waals surface area contributed by atoms with Gasteiger partial charge in [0.1, 0.15) is 5.71 Å². The summed E-state index contributed by atoms with van der Waals surface area (Å²) in [6.45, 7) is 2.13. The molecule has 0 fully saturated rings. The molecule has 1 heterocycles. The van der Waals surface area contributed by atoms with E-state index in [9.17, 15) is 0 Å². The van der Waals surface area contributed by atoms with Crippen LogP contribution in [0, 0.1) is 0 Å². The van der Waals surface area contributed by atoms with Crippen molar-refractivity contribution in [3.05, 3.63) is 24.3 Å². The fraction of sp³-hybridized carbons (Fsp3) is 0.500. The first-order chi connectivity index (χ1) is 6.88. The van der Waals surface area contributed by atoms with Crippen LogP contribution in [-0.2, 0) is 0 Å². The molecule has 1 rings (SSSR count). The summed E-state index contributed by atoms with van der Waals surface area (Å²) in [5.74, 6) is 0.520. The van der Waals surface area contributed by atoms with Crippen LogP contribution in [0.3, 0.4) is 0 Å². The molecule has 0 aliphatic heterocycles. The molecule has 0 amide bonds. The van der Waals surface area contributed by atoms with E-state index in [4.69, 9.17) is 5.21 Å². The molecule has 0 aliphatic rings. The Hall–Kier alpha value is -1.45. The van der Waals surface area contributed by atoms with Gasteiger partial charge in [0.15, 0.2) is 5.82 Å². The molecular formula is C10H15N3O. The van der Waals surface area contributed by atoms with Crippen LogP contribution in [0.4, 0.5) is 0 Å². The molecule has 1 aromatic rings. The molecule has 0 aliphatic carbocycles. The van der Waals surface area contributed by atoms with Crippen LogP contribution in [0.5, 0.6) is 0 Å². The lowest BCUT2D eigenvalue weighted by molar-refractivity contribution is 0.317. The third-order valence-electron chi connectivity index (χ3n) is 1.96. The Morgan fingerprint density at radius 2 is 2.07 bits per heavy atom. The number of hydrogen-bond acceptors (Lipinski definition) is 4. The van der Waals surface area contributed by atoms with Gasteiger partial charge in [-0.15, -0.1) is 0 Å². The smallest absolute Gasteiger partial charge is 0.177 e. The van der Waals surface area contributed by atoms with E-state index in [1.807, 2.05) is 0 Å². The van der Waals surface area contributed by atoms with Crippen LogP contribution in [-0.4, -0.2) is 20.9 Å². The van der Waals surface area contributed by atoms with Crippen molar-refractivity contribution in [2.24, 2.45) is 5.16 Å². The topological polar surface area (TPSA) is 58.4 Å². The molecule has 4 nitrogen and oxygen atoms in total. The van der Waals surface area contributed by atoms with Crippen LogP contribution in [0.25, 0.3) is 0 Å². The monoisotopic (exact) mass is 193 g/mol. The number of hydrogen-bond donors (Lipinski definition) is 1. The van der Waals surface area contributed by atoms with E-state index in [1.54, 1.807) is 18.5 Å². The average Bonchev–Trinajstić information content (AvgIpc) is 2.26. The van der Waals surface area contributed by atoms with E-state index in [0.29, 0.717) is 11.5 Å². The van der Waals surface area contributed by atoms with Crippen molar-refractivity contribution < 1.29 is 5.21 Å². The van der Waals surface area contributed by atoms with Gasteiger partial charge in [-0.05, 0) is 18.9 Å². The zero-order valence-corrected chi connectivity index (χ0v) is 8.35. The summed E-state index contributed by atoms with van der Waals surface area (Å²) in [4.78, 5) is 8.05. The minimum Gasteiger partial charge on any atom is -0.411 e. The Kier molecular flexibility index (Phi) is 4.61. The molecule has 0 saturated carbocycles. The number of unbranched alkanes of at least 4 members (excludes halogenated alkanes) is 2. The van der Waals surface area contributed by atoms with Crippen molar-refractivity contribution in [2.75, 3.05) is 0 Å². The van der Waals surface area contributed by atoms with Gasteiger partial charge in [-0.3, -0.25) is 0 Å². The van der Waals surface area contributed by atoms with E-state index in [1.165, 1.54) is 0 Å². The Bertz CT molecular complexity index is 285. The Labute approximate surface area is 83.7 Å². The summed E-state index contributed by atoms with van der Waals surface area (Å²) >= 11 is 0. The van der Waals surface area contributed by atoms with Crippen LogP contribution in [0.2, 0.25) is 0 Å². The normalized spacial score (nSPS) is 11.6. The van der Waals surface area contributed by atoms with E-state index >= 15 is 0 Å². The van der Waals surface area contributed by atoms with Crippen molar-refractivity contribution in [2.45, 2.75) is 32.6 Å². The fourth-order valence-corrected chi connectivity index (χ4v) is 1.20. The molecule has 0 saturated heterocycles. The second-order valence-corrected chi connectivity index (χ2v) is 3.08. The zero-order chi connectivity index (χ0) is 10.2. The van der Waals surface area contributed by atoms with Crippen LogP contribution >= 0.6 is 0 Å². The molecule has 4 heteroatoms. The maximum atomic E-state index is 8.79. The van der Waals surface area contributed by atoms with E-state index in [0.717, 1.165) is 25.7 Å². The maximum absolute atomic E-state index is 8.79. The molecule has 0 bridgehead atoms. The first-order valence-corrected chi connectivity index (χ1v) is 4.86. The Balaban J connectivity index is 2.56. The molecule has 1 aromatic heterocycles. The first-order valence-electron chi connectivity index (χ1n) is 4.86. The van der Waals surface area contributed by atoms with Crippen LogP contribution in [0.1, 0.15) is 38.4 Å². The molecule has 0 radical (unpaired) electrons. The van der Waals surface area contributed by atoms with E-state index < -0.39 is 0 Å². The summed E-state index contributed by atoms with van der Waals surface area (Å²) in [5.41, 5.74) is 0.569. The standard InChI is InChI=1S/C10H15N3O/c1-2-3-4-6-9(13-14)10-11-7-5-8-12-10/h5,7-8,14H,2-4,6H2,1H3/b13-9+. The summed E-state index contributed by atoms with van der Waals surface area (Å²) < 4.78 is 0. The quantitative estimate of drug-likeness (QED) is 0.337. The second-order valence-electron chi connectivity index (χ2n) is 3.08. The lowest BCUT2D eigenvalue weighted by atomic mass is 10.1. The summed E-state index contributed by atoms with van der Waals surface area (Å²) in [6, 6.07) is 1.74. The summed E-state index contributed by atoms with van der Waals surface area (Å²) in [6.07, 6.45) is 7.31. The highest BCUT2D eigenvalue weighted by molar-refractivity contribution is 5.96. The molecule has 0 unspecified atom stereocenters. The minimum atomic E-state index is 0.520. The lowest BCUT2D eigenvalue weighted by Gasteiger charge is -2.01. The highest BCUT2D eigenvalue weighted by Gasteiger charge is 2.05. The predicted octanol–water partition coefficient (Wildman–Crippen LogP) is 2.24. The first kappa shape index (κ1) is 10.6. The second kappa shape index (κ2) is 6.07. The number of oxime groups is 1. The van der Waals surface area contributed by atoms with Crippen molar-refractivity contribution in [3.8, 4) is 0 Å². The fourth-order valence-electron chi connectivity index (χ4n) is 1.20. The van der Waals surface area contributed by atoms with Gasteiger partial charge < -0.3 is 5.21 Å². The average molecular weight is 193 g/mol. The highest BCUT2D eigenvalue weighted by atomic mass is 16.4. The van der Waals surface area contributed by atoms with Gasteiger partial charge in [-0.1, -0.05) is 24.9 Å². The van der Waals surface area contributed by atoms with Gasteiger partial charge >= 0.3 is 0 Å². The predicted molar refractivity (Wildman–Crippen MR) is 54.5 cm³/mol. The van der Waals surface area contributed by atoms with Crippen molar-refractivity contribution in [1.82, 2.24) is 9.97 Å². The van der Waals surface area contributed by atoms with Crippen LogP contribution in [0.15, 0.2) is 23.6 Å².